The summed E-state index contributed by atoms with van der Waals surface area (Å²) in [5, 5.41) is 16.3. The molecule has 1 fully saturated rings. The molecule has 26 heavy (non-hydrogen) atoms. The van der Waals surface area contributed by atoms with Gasteiger partial charge in [0.05, 0.1) is 6.04 Å². The summed E-state index contributed by atoms with van der Waals surface area (Å²) in [5.41, 5.74) is 2.25. The minimum absolute atomic E-state index is 0.0298. The molecule has 138 valence electrons. The molecule has 1 aliphatic rings. The summed E-state index contributed by atoms with van der Waals surface area (Å²) >= 11 is 0. The van der Waals surface area contributed by atoms with Crippen LogP contribution in [0.2, 0.25) is 0 Å². The number of phenolic OH excluding ortho intramolecular Hbond substituents is 1. The Morgan fingerprint density at radius 1 is 1.08 bits per heavy atom. The first-order chi connectivity index (χ1) is 12.6. The van der Waals surface area contributed by atoms with E-state index in [4.69, 9.17) is 0 Å². The Morgan fingerprint density at radius 3 is 2.31 bits per heavy atom. The van der Waals surface area contributed by atoms with Gasteiger partial charge in [-0.05, 0) is 48.6 Å². The Hall–Kier alpha value is -2.33. The van der Waals surface area contributed by atoms with Crippen LogP contribution in [-0.2, 0) is 4.79 Å². The van der Waals surface area contributed by atoms with Crippen molar-refractivity contribution in [2.24, 2.45) is 5.92 Å². The topological polar surface area (TPSA) is 61.4 Å². The quantitative estimate of drug-likeness (QED) is 0.746. The Kier molecular flexibility index (Phi) is 5.94. The van der Waals surface area contributed by atoms with Crippen molar-refractivity contribution in [2.45, 2.75) is 44.7 Å². The second-order valence-corrected chi connectivity index (χ2v) is 7.41. The first-order valence-corrected chi connectivity index (χ1v) is 9.44. The molecular formula is C22H28N2O2. The average Bonchev–Trinajstić information content (AvgIpc) is 3.18. The number of phenols is 1. The molecule has 1 heterocycles. The molecule has 0 aliphatic carbocycles. The van der Waals surface area contributed by atoms with Gasteiger partial charge < -0.3 is 15.7 Å². The first-order valence-electron chi connectivity index (χ1n) is 9.44. The zero-order chi connectivity index (χ0) is 18.5. The standard InChI is InChI=1S/C22H28N2O2/c1-15(2)21(24-22(26)19-9-6-14-23-19)20(16-7-4-3-5-8-16)17-10-12-18(25)13-11-17/h3-5,7-8,10-13,15,19-21,23,25H,6,9,14H2,1-2H3,(H,24,26)/t19-,20?,21-/m0/s1. The number of rotatable bonds is 6. The highest BCUT2D eigenvalue weighted by molar-refractivity contribution is 5.82. The van der Waals surface area contributed by atoms with Crippen LogP contribution >= 0.6 is 0 Å². The van der Waals surface area contributed by atoms with Crippen LogP contribution in [0.25, 0.3) is 0 Å². The molecular weight excluding hydrogens is 324 g/mol. The van der Waals surface area contributed by atoms with Crippen molar-refractivity contribution in [3.63, 3.8) is 0 Å². The van der Waals surface area contributed by atoms with Gasteiger partial charge in [0.1, 0.15) is 5.75 Å². The third-order valence-electron chi connectivity index (χ3n) is 5.17. The van der Waals surface area contributed by atoms with E-state index in [9.17, 15) is 9.90 Å². The van der Waals surface area contributed by atoms with Gasteiger partial charge in [0.2, 0.25) is 5.91 Å². The maximum atomic E-state index is 12.8. The van der Waals surface area contributed by atoms with Gasteiger partial charge >= 0.3 is 0 Å². The van der Waals surface area contributed by atoms with Crippen LogP contribution < -0.4 is 10.6 Å². The highest BCUT2D eigenvalue weighted by Crippen LogP contribution is 2.32. The number of nitrogens with one attached hydrogen (secondary N) is 2. The Balaban J connectivity index is 1.93. The molecule has 3 rings (SSSR count). The molecule has 1 aliphatic heterocycles. The van der Waals surface area contributed by atoms with Gasteiger partial charge in [-0.15, -0.1) is 0 Å². The first kappa shape index (κ1) is 18.5. The van der Waals surface area contributed by atoms with Gasteiger partial charge in [0.15, 0.2) is 0 Å². The molecule has 1 unspecified atom stereocenters. The predicted molar refractivity (Wildman–Crippen MR) is 104 cm³/mol. The van der Waals surface area contributed by atoms with Crippen molar-refractivity contribution in [1.82, 2.24) is 10.6 Å². The van der Waals surface area contributed by atoms with E-state index >= 15 is 0 Å². The number of carbonyl (C=O) groups excluding carboxylic acids is 1. The van der Waals surface area contributed by atoms with Crippen LogP contribution in [0.3, 0.4) is 0 Å². The molecule has 0 radical (unpaired) electrons. The summed E-state index contributed by atoms with van der Waals surface area (Å²) in [4.78, 5) is 12.8. The van der Waals surface area contributed by atoms with E-state index in [0.29, 0.717) is 0 Å². The van der Waals surface area contributed by atoms with Crippen LogP contribution in [0.15, 0.2) is 54.6 Å². The maximum absolute atomic E-state index is 12.8. The maximum Gasteiger partial charge on any atom is 0.237 e. The molecule has 1 amide bonds. The van der Waals surface area contributed by atoms with Gasteiger partial charge in [-0.25, -0.2) is 0 Å². The summed E-state index contributed by atoms with van der Waals surface area (Å²) in [6.45, 7) is 5.19. The second kappa shape index (κ2) is 8.37. The molecule has 3 atom stereocenters. The molecule has 4 heteroatoms. The van der Waals surface area contributed by atoms with E-state index in [1.807, 2.05) is 30.3 Å². The number of benzene rings is 2. The van der Waals surface area contributed by atoms with Crippen LogP contribution in [0, 0.1) is 5.92 Å². The van der Waals surface area contributed by atoms with E-state index in [1.165, 1.54) is 0 Å². The van der Waals surface area contributed by atoms with Crippen LogP contribution in [0.4, 0.5) is 0 Å². The summed E-state index contributed by atoms with van der Waals surface area (Å²) in [6, 6.07) is 17.5. The molecule has 4 nitrogen and oxygen atoms in total. The Morgan fingerprint density at radius 2 is 1.73 bits per heavy atom. The summed E-state index contributed by atoms with van der Waals surface area (Å²) in [5.74, 6) is 0.628. The Bertz CT molecular complexity index is 707. The fourth-order valence-electron chi connectivity index (χ4n) is 3.76. The minimum atomic E-state index is -0.0903. The van der Waals surface area contributed by atoms with E-state index in [-0.39, 0.29) is 35.6 Å². The molecule has 0 saturated carbocycles. The zero-order valence-corrected chi connectivity index (χ0v) is 15.5. The van der Waals surface area contributed by atoms with Crippen molar-refractivity contribution in [1.29, 1.82) is 0 Å². The fourth-order valence-corrected chi connectivity index (χ4v) is 3.76. The van der Waals surface area contributed by atoms with Crippen molar-refractivity contribution in [2.75, 3.05) is 6.54 Å². The van der Waals surface area contributed by atoms with Crippen molar-refractivity contribution in [3.8, 4) is 5.75 Å². The average molecular weight is 352 g/mol. The lowest BCUT2D eigenvalue weighted by Gasteiger charge is -2.33. The third kappa shape index (κ3) is 4.25. The van der Waals surface area contributed by atoms with Gasteiger partial charge in [-0.3, -0.25) is 4.79 Å². The summed E-state index contributed by atoms with van der Waals surface area (Å²) in [7, 11) is 0. The highest BCUT2D eigenvalue weighted by Gasteiger charge is 2.31. The van der Waals surface area contributed by atoms with Gasteiger partial charge in [0.25, 0.3) is 0 Å². The zero-order valence-electron chi connectivity index (χ0n) is 15.5. The highest BCUT2D eigenvalue weighted by atomic mass is 16.3. The molecule has 0 bridgehead atoms. The largest absolute Gasteiger partial charge is 0.508 e. The van der Waals surface area contributed by atoms with Crippen molar-refractivity contribution < 1.29 is 9.90 Å². The van der Waals surface area contributed by atoms with E-state index in [1.54, 1.807) is 12.1 Å². The van der Waals surface area contributed by atoms with Gasteiger partial charge in [-0.2, -0.15) is 0 Å². The number of aromatic hydroxyl groups is 1. The Labute approximate surface area is 155 Å². The van der Waals surface area contributed by atoms with Crippen molar-refractivity contribution in [3.05, 3.63) is 65.7 Å². The molecule has 2 aromatic carbocycles. The number of carbonyl (C=O) groups is 1. The second-order valence-electron chi connectivity index (χ2n) is 7.41. The smallest absolute Gasteiger partial charge is 0.237 e. The van der Waals surface area contributed by atoms with Crippen LogP contribution in [0.1, 0.15) is 43.7 Å². The number of amides is 1. The minimum Gasteiger partial charge on any atom is -0.508 e. The molecule has 0 aromatic heterocycles. The van der Waals surface area contributed by atoms with E-state index in [2.05, 4.69) is 36.6 Å². The van der Waals surface area contributed by atoms with E-state index < -0.39 is 0 Å². The predicted octanol–water partition coefficient (Wildman–Crippen LogP) is 3.42. The third-order valence-corrected chi connectivity index (χ3v) is 5.17. The summed E-state index contributed by atoms with van der Waals surface area (Å²) < 4.78 is 0. The van der Waals surface area contributed by atoms with Crippen LogP contribution in [0.5, 0.6) is 5.75 Å². The van der Waals surface area contributed by atoms with E-state index in [0.717, 1.165) is 30.5 Å². The SMILES string of the molecule is CC(C)[C@H](NC(=O)[C@@H]1CCCN1)C(c1ccccc1)c1ccc(O)cc1. The lowest BCUT2D eigenvalue weighted by molar-refractivity contribution is -0.123. The lowest BCUT2D eigenvalue weighted by atomic mass is 9.80. The fraction of sp³-hybridized carbons (Fsp3) is 0.409. The van der Waals surface area contributed by atoms with Gasteiger partial charge in [-0.1, -0.05) is 56.3 Å². The molecule has 2 aromatic rings. The summed E-state index contributed by atoms with van der Waals surface area (Å²) in [6.07, 6.45) is 1.94. The monoisotopic (exact) mass is 352 g/mol. The normalized spacial score (nSPS) is 19.3. The molecule has 0 spiro atoms. The van der Waals surface area contributed by atoms with Crippen molar-refractivity contribution >= 4 is 5.91 Å². The van der Waals surface area contributed by atoms with Gasteiger partial charge in [0, 0.05) is 12.0 Å². The number of hydrogen-bond donors (Lipinski definition) is 3. The number of hydrogen-bond acceptors (Lipinski definition) is 3. The molecule has 3 N–H and O–H groups in total. The molecule has 1 saturated heterocycles. The van der Waals surface area contributed by atoms with Crippen LogP contribution in [-0.4, -0.2) is 29.6 Å². The lowest BCUT2D eigenvalue weighted by Crippen LogP contribution is -2.49.